The molecule has 4 nitrogen and oxygen atoms in total. The maximum absolute atomic E-state index is 5.39. The Hall–Kier alpha value is -1.94. The van der Waals surface area contributed by atoms with Gasteiger partial charge in [-0.05, 0) is 56.8 Å². The van der Waals surface area contributed by atoms with E-state index in [1.165, 1.54) is 19.3 Å². The molecule has 2 aromatic rings. The summed E-state index contributed by atoms with van der Waals surface area (Å²) < 4.78 is 5.39. The van der Waals surface area contributed by atoms with Gasteiger partial charge in [-0.25, -0.2) is 0 Å². The molecular weight excluding hydrogens is 274 g/mol. The van der Waals surface area contributed by atoms with Crippen LogP contribution in [0.15, 0.2) is 36.7 Å². The minimum atomic E-state index is 0.724. The van der Waals surface area contributed by atoms with Crippen molar-refractivity contribution in [3.63, 3.8) is 0 Å². The van der Waals surface area contributed by atoms with Gasteiger partial charge in [-0.15, -0.1) is 0 Å². The van der Waals surface area contributed by atoms with Crippen LogP contribution in [0.25, 0.3) is 11.3 Å². The average Bonchev–Trinajstić information content (AvgIpc) is 2.84. The second-order valence-electron chi connectivity index (χ2n) is 5.84. The standard InChI is InChI=1S/C18H23N3O/c1-22-18-7-3-2-6-16(18)17-13-20-15(12-21-17)11-14-5-4-9-19-10-8-14/h2-3,6-7,12-14,19H,4-5,8-11H2,1H3/t14-/m0/s1. The largest absolute Gasteiger partial charge is 0.496 e. The van der Waals surface area contributed by atoms with Gasteiger partial charge in [-0.1, -0.05) is 12.1 Å². The lowest BCUT2D eigenvalue weighted by Crippen LogP contribution is -2.14. The van der Waals surface area contributed by atoms with Gasteiger partial charge < -0.3 is 10.1 Å². The predicted octanol–water partition coefficient (Wildman–Crippen LogP) is 3.08. The van der Waals surface area contributed by atoms with Crippen molar-refractivity contribution in [2.45, 2.75) is 25.7 Å². The molecular formula is C18H23N3O. The van der Waals surface area contributed by atoms with Gasteiger partial charge >= 0.3 is 0 Å². The summed E-state index contributed by atoms with van der Waals surface area (Å²) in [5.74, 6) is 1.56. The van der Waals surface area contributed by atoms with Crippen LogP contribution in [0.2, 0.25) is 0 Å². The highest BCUT2D eigenvalue weighted by molar-refractivity contribution is 5.66. The Morgan fingerprint density at radius 3 is 2.86 bits per heavy atom. The first-order valence-electron chi connectivity index (χ1n) is 8.02. The molecule has 1 aliphatic rings. The summed E-state index contributed by atoms with van der Waals surface area (Å²) in [6.45, 7) is 2.27. The Bertz CT molecular complexity index is 590. The molecule has 0 spiro atoms. The van der Waals surface area contributed by atoms with E-state index in [9.17, 15) is 0 Å². The minimum Gasteiger partial charge on any atom is -0.496 e. The molecule has 1 fully saturated rings. The first kappa shape index (κ1) is 15.0. The third-order valence-corrected chi connectivity index (χ3v) is 4.28. The maximum Gasteiger partial charge on any atom is 0.128 e. The molecule has 1 aromatic carbocycles. The first-order valence-corrected chi connectivity index (χ1v) is 8.02. The fraction of sp³-hybridized carbons (Fsp3) is 0.444. The number of ether oxygens (including phenoxy) is 1. The van der Waals surface area contributed by atoms with E-state index in [4.69, 9.17) is 4.74 Å². The molecule has 116 valence electrons. The van der Waals surface area contributed by atoms with Gasteiger partial charge in [0.15, 0.2) is 0 Å². The maximum atomic E-state index is 5.39. The van der Waals surface area contributed by atoms with Crippen molar-refractivity contribution in [1.82, 2.24) is 15.3 Å². The van der Waals surface area contributed by atoms with E-state index >= 15 is 0 Å². The summed E-state index contributed by atoms with van der Waals surface area (Å²) >= 11 is 0. The van der Waals surface area contributed by atoms with Crippen LogP contribution in [0.5, 0.6) is 5.75 Å². The highest BCUT2D eigenvalue weighted by Gasteiger charge is 2.14. The van der Waals surface area contributed by atoms with Crippen molar-refractivity contribution in [2.75, 3.05) is 20.2 Å². The SMILES string of the molecule is COc1ccccc1-c1cnc(C[C@H]2CCCNCC2)cn1. The van der Waals surface area contributed by atoms with Gasteiger partial charge in [0.05, 0.1) is 24.7 Å². The molecule has 0 amide bonds. The Labute approximate surface area is 132 Å². The number of nitrogens with one attached hydrogen (secondary N) is 1. The number of methoxy groups -OCH3 is 1. The number of aromatic nitrogens is 2. The van der Waals surface area contributed by atoms with E-state index < -0.39 is 0 Å². The number of hydrogen-bond acceptors (Lipinski definition) is 4. The molecule has 0 saturated carbocycles. The van der Waals surface area contributed by atoms with Gasteiger partial charge in [0, 0.05) is 11.8 Å². The van der Waals surface area contributed by atoms with Crippen molar-refractivity contribution >= 4 is 0 Å². The van der Waals surface area contributed by atoms with Gasteiger partial charge in [-0.3, -0.25) is 9.97 Å². The van der Waals surface area contributed by atoms with Crippen molar-refractivity contribution < 1.29 is 4.74 Å². The zero-order chi connectivity index (χ0) is 15.2. The Morgan fingerprint density at radius 1 is 1.14 bits per heavy atom. The summed E-state index contributed by atoms with van der Waals surface area (Å²) in [4.78, 5) is 9.21. The normalized spacial score (nSPS) is 18.7. The summed E-state index contributed by atoms with van der Waals surface area (Å²) in [6, 6.07) is 7.92. The number of rotatable bonds is 4. The zero-order valence-electron chi connectivity index (χ0n) is 13.1. The topological polar surface area (TPSA) is 47.0 Å². The molecule has 1 aromatic heterocycles. The molecule has 1 saturated heterocycles. The third-order valence-electron chi connectivity index (χ3n) is 4.28. The van der Waals surface area contributed by atoms with E-state index in [1.54, 1.807) is 7.11 Å². The molecule has 22 heavy (non-hydrogen) atoms. The molecule has 3 rings (SSSR count). The lowest BCUT2D eigenvalue weighted by Gasteiger charge is -2.13. The van der Waals surface area contributed by atoms with Gasteiger partial charge in [0.2, 0.25) is 0 Å². The van der Waals surface area contributed by atoms with Crippen LogP contribution in [0.4, 0.5) is 0 Å². The van der Waals surface area contributed by atoms with E-state index in [0.717, 1.165) is 48.1 Å². The van der Waals surface area contributed by atoms with E-state index in [2.05, 4.69) is 15.3 Å². The van der Waals surface area contributed by atoms with Crippen molar-refractivity contribution in [2.24, 2.45) is 5.92 Å². The summed E-state index contributed by atoms with van der Waals surface area (Å²) in [7, 11) is 1.68. The summed E-state index contributed by atoms with van der Waals surface area (Å²) in [6.07, 6.45) is 8.58. The average molecular weight is 297 g/mol. The molecule has 0 bridgehead atoms. The van der Waals surface area contributed by atoms with Crippen LogP contribution < -0.4 is 10.1 Å². The molecule has 4 heteroatoms. The van der Waals surface area contributed by atoms with E-state index in [0.29, 0.717) is 0 Å². The Balaban J connectivity index is 1.72. The summed E-state index contributed by atoms with van der Waals surface area (Å²) in [5.41, 5.74) is 2.94. The van der Waals surface area contributed by atoms with Gasteiger partial charge in [-0.2, -0.15) is 0 Å². The fourth-order valence-corrected chi connectivity index (χ4v) is 3.05. The number of nitrogens with zero attached hydrogens (tertiary/aromatic N) is 2. The van der Waals surface area contributed by atoms with Crippen molar-refractivity contribution in [3.05, 3.63) is 42.4 Å². The second kappa shape index (κ2) is 7.36. The minimum absolute atomic E-state index is 0.724. The molecule has 1 N–H and O–H groups in total. The first-order chi connectivity index (χ1) is 10.9. The van der Waals surface area contributed by atoms with Crippen LogP contribution >= 0.6 is 0 Å². The number of benzene rings is 1. The molecule has 2 heterocycles. The smallest absolute Gasteiger partial charge is 0.128 e. The lowest BCUT2D eigenvalue weighted by atomic mass is 9.95. The highest BCUT2D eigenvalue weighted by atomic mass is 16.5. The quantitative estimate of drug-likeness (QED) is 0.942. The Kier molecular flexibility index (Phi) is 5.01. The molecule has 0 unspecified atom stereocenters. The molecule has 0 radical (unpaired) electrons. The molecule has 0 aliphatic carbocycles. The highest BCUT2D eigenvalue weighted by Crippen LogP contribution is 2.27. The zero-order valence-corrected chi connectivity index (χ0v) is 13.1. The van der Waals surface area contributed by atoms with Crippen LogP contribution in [-0.4, -0.2) is 30.2 Å². The van der Waals surface area contributed by atoms with Crippen molar-refractivity contribution in [1.29, 1.82) is 0 Å². The van der Waals surface area contributed by atoms with Crippen LogP contribution in [0.1, 0.15) is 25.0 Å². The predicted molar refractivity (Wildman–Crippen MR) is 87.9 cm³/mol. The van der Waals surface area contributed by atoms with Gasteiger partial charge in [0.1, 0.15) is 5.75 Å². The lowest BCUT2D eigenvalue weighted by molar-refractivity contribution is 0.416. The van der Waals surface area contributed by atoms with Crippen LogP contribution in [-0.2, 0) is 6.42 Å². The third kappa shape index (κ3) is 3.63. The fourth-order valence-electron chi connectivity index (χ4n) is 3.05. The van der Waals surface area contributed by atoms with E-state index in [-0.39, 0.29) is 0 Å². The van der Waals surface area contributed by atoms with Crippen LogP contribution in [0.3, 0.4) is 0 Å². The Morgan fingerprint density at radius 2 is 2.05 bits per heavy atom. The van der Waals surface area contributed by atoms with Crippen LogP contribution in [0, 0.1) is 5.92 Å². The number of hydrogen-bond donors (Lipinski definition) is 1. The van der Waals surface area contributed by atoms with Crippen molar-refractivity contribution in [3.8, 4) is 17.0 Å². The second-order valence-corrected chi connectivity index (χ2v) is 5.84. The van der Waals surface area contributed by atoms with E-state index in [1.807, 2.05) is 36.7 Å². The number of para-hydroxylation sites is 1. The monoisotopic (exact) mass is 297 g/mol. The molecule has 1 aliphatic heterocycles. The molecule has 1 atom stereocenters. The van der Waals surface area contributed by atoms with Gasteiger partial charge in [0.25, 0.3) is 0 Å². The summed E-state index contributed by atoms with van der Waals surface area (Å²) in [5, 5.41) is 3.46.